The van der Waals surface area contributed by atoms with Gasteiger partial charge in [-0.1, -0.05) is 116 Å². The third kappa shape index (κ3) is 3.58. The van der Waals surface area contributed by atoms with Gasteiger partial charge in [0.1, 0.15) is 23.0 Å². The average Bonchev–Trinajstić information content (AvgIpc) is 3.34. The summed E-state index contributed by atoms with van der Waals surface area (Å²) in [6, 6.07) is 65.3. The first-order valence-electron chi connectivity index (χ1n) is 22.0. The van der Waals surface area contributed by atoms with Crippen LogP contribution in [0.3, 0.4) is 0 Å². The fourth-order valence-corrected chi connectivity index (χ4v) is 16.8. The zero-order chi connectivity index (χ0) is 40.4. The molecule has 8 aliphatic rings. The lowest BCUT2D eigenvalue weighted by Gasteiger charge is -2.56. The monoisotopic (exact) mass is 814 g/mol. The van der Waals surface area contributed by atoms with Crippen LogP contribution in [0.4, 0.5) is 68.2 Å². The van der Waals surface area contributed by atoms with Crippen molar-refractivity contribution in [2.24, 2.45) is 0 Å². The molecule has 0 aromatic heterocycles. The highest BCUT2D eigenvalue weighted by Crippen LogP contribution is 2.60. The fraction of sp³-hybridized carbons (Fsp3) is 0. The van der Waals surface area contributed by atoms with Crippen molar-refractivity contribution in [2.75, 3.05) is 19.6 Å². The summed E-state index contributed by atoms with van der Waals surface area (Å²) >= 11 is -2.25. The highest BCUT2D eigenvalue weighted by molar-refractivity contribution is 7.07. The highest BCUT2D eigenvalue weighted by atomic mass is 27.2. The van der Waals surface area contributed by atoms with Gasteiger partial charge in [0.05, 0.1) is 45.5 Å². The Morgan fingerprint density at radius 2 is 0.778 bits per heavy atom. The van der Waals surface area contributed by atoms with E-state index in [9.17, 15) is 0 Å². The zero-order valence-corrected chi connectivity index (χ0v) is 34.7. The Labute approximate surface area is 368 Å². The number of nitrogens with zero attached hydrogens (tertiary/aromatic N) is 4. The number of hydrogen-bond donors (Lipinski definition) is 0. The number of hydrogen-bond acceptors (Lipinski definition) is 6. The van der Waals surface area contributed by atoms with Gasteiger partial charge < -0.3 is 29.1 Å². The van der Waals surface area contributed by atoms with Crippen molar-refractivity contribution >= 4 is 142 Å². The molecule has 63 heavy (non-hydrogen) atoms. The van der Waals surface area contributed by atoms with Crippen molar-refractivity contribution in [3.8, 4) is 23.0 Å². The average molecular weight is 814 g/mol. The van der Waals surface area contributed by atoms with Gasteiger partial charge in [-0.2, -0.15) is 0 Å². The molecule has 0 unspecified atom stereocenters. The Bertz CT molecular complexity index is 3420. The van der Waals surface area contributed by atoms with Crippen molar-refractivity contribution in [3.63, 3.8) is 0 Å². The number of fused-ring (bicyclic) bond motifs is 8. The summed E-state index contributed by atoms with van der Waals surface area (Å²) in [6.45, 7) is -0.0616. The van der Waals surface area contributed by atoms with Crippen LogP contribution in [0.5, 0.6) is 23.0 Å². The Hall–Kier alpha value is -7.56. The van der Waals surface area contributed by atoms with Crippen LogP contribution in [-0.4, -0.2) is 27.6 Å². The standard InChI is InChI=1S/C54H29B2N4O2.Al/c1-3-15-33(16-4-1)57-39-21-9-11-23-41(39)59-45-32-46-38(31-37(45)55-35-19-7-13-25-47(35)61-49-29-27-43(57)53(59)51(49)55)56-36-20-8-14-26-48(36)62-50-30-28-44-54(52(50)56)60(46)42-24-12-10-22-40(42)58(44)34-17-5-2-6-18-34;/h1-22,25-31H;. The largest absolute Gasteiger partial charge is 0.458 e. The summed E-state index contributed by atoms with van der Waals surface area (Å²) in [6.07, 6.45) is 0. The molecule has 0 bridgehead atoms. The number of benzene rings is 9. The lowest BCUT2D eigenvalue weighted by Crippen LogP contribution is -2.72. The molecular weight excluding hydrogens is 785 g/mol. The van der Waals surface area contributed by atoms with Crippen molar-refractivity contribution < 1.29 is 9.47 Å². The highest BCUT2D eigenvalue weighted by Gasteiger charge is 2.58. The van der Waals surface area contributed by atoms with Crippen molar-refractivity contribution in [2.45, 2.75) is 0 Å². The van der Waals surface area contributed by atoms with Gasteiger partial charge in [0.15, 0.2) is 0 Å². The quantitative estimate of drug-likeness (QED) is 0.172. The molecule has 9 aromatic carbocycles. The van der Waals surface area contributed by atoms with Gasteiger partial charge >= 0.3 is 14.1 Å². The fourth-order valence-electron chi connectivity index (χ4n) is 13.0. The van der Waals surface area contributed by atoms with E-state index in [4.69, 9.17) is 9.47 Å². The summed E-state index contributed by atoms with van der Waals surface area (Å²) in [7, 11) is 0. The van der Waals surface area contributed by atoms with E-state index < -0.39 is 14.1 Å². The molecule has 8 aliphatic heterocycles. The van der Waals surface area contributed by atoms with E-state index in [1.54, 1.807) is 0 Å². The molecule has 9 aromatic rings. The van der Waals surface area contributed by atoms with Gasteiger partial charge in [-0.15, -0.1) is 0 Å². The molecule has 0 spiro atoms. The Kier molecular flexibility index (Phi) is 5.57. The molecule has 0 saturated heterocycles. The summed E-state index contributed by atoms with van der Waals surface area (Å²) in [5.74, 6) is 3.74. The molecule has 286 valence electrons. The van der Waals surface area contributed by atoms with E-state index in [2.05, 4.69) is 196 Å². The normalized spacial score (nSPS) is 15.3. The molecule has 9 heteroatoms. The van der Waals surface area contributed by atoms with Crippen LogP contribution in [0.1, 0.15) is 0 Å². The third-order valence-electron chi connectivity index (χ3n) is 15.1. The summed E-state index contributed by atoms with van der Waals surface area (Å²) in [5, 5.41) is 0. The van der Waals surface area contributed by atoms with Crippen LogP contribution in [-0.2, 0) is 0 Å². The van der Waals surface area contributed by atoms with Crippen molar-refractivity contribution in [1.82, 2.24) is 0 Å². The van der Waals surface area contributed by atoms with E-state index in [0.717, 1.165) is 34.4 Å². The number of rotatable bonds is 2. The van der Waals surface area contributed by atoms with Crippen LogP contribution in [0.15, 0.2) is 176 Å². The molecule has 0 saturated carbocycles. The molecule has 8 heterocycles. The van der Waals surface area contributed by atoms with E-state index in [1.165, 1.54) is 103 Å². The van der Waals surface area contributed by atoms with E-state index in [0.29, 0.717) is 0 Å². The summed E-state index contributed by atoms with van der Waals surface area (Å²) in [4.78, 5) is 10.4. The minimum Gasteiger partial charge on any atom is -0.458 e. The van der Waals surface area contributed by atoms with Crippen LogP contribution < -0.4 is 75.1 Å². The van der Waals surface area contributed by atoms with Gasteiger partial charge in [0, 0.05) is 22.7 Å². The molecule has 0 N–H and O–H groups in total. The van der Waals surface area contributed by atoms with Gasteiger partial charge in [0.25, 0.3) is 13.4 Å². The topological polar surface area (TPSA) is 31.4 Å². The van der Waals surface area contributed by atoms with Crippen LogP contribution >= 0.6 is 0 Å². The predicted molar refractivity (Wildman–Crippen MR) is 259 cm³/mol. The van der Waals surface area contributed by atoms with Crippen LogP contribution in [0, 0.1) is 0 Å². The molecule has 17 rings (SSSR count). The zero-order valence-electron chi connectivity index (χ0n) is 33.6. The van der Waals surface area contributed by atoms with E-state index in [1.807, 2.05) is 0 Å². The van der Waals surface area contributed by atoms with Crippen molar-refractivity contribution in [1.29, 1.82) is 0 Å². The minimum atomic E-state index is -2.25. The number of anilines is 12. The van der Waals surface area contributed by atoms with E-state index in [-0.39, 0.29) is 13.4 Å². The van der Waals surface area contributed by atoms with Gasteiger partial charge in [-0.25, -0.2) is 0 Å². The smallest absolute Gasteiger partial charge is 0.397 e. The first kappa shape index (κ1) is 32.2. The lowest BCUT2D eigenvalue weighted by molar-refractivity contribution is 0.487. The molecule has 6 nitrogen and oxygen atoms in total. The maximum Gasteiger partial charge on any atom is 0.397 e. The minimum absolute atomic E-state index is 0.0308. The maximum absolute atomic E-state index is 6.95. The number of ether oxygens (including phenoxy) is 2. The van der Waals surface area contributed by atoms with Gasteiger partial charge in [-0.3, -0.25) is 0 Å². The molecule has 0 radical (unpaired) electrons. The second kappa shape index (κ2) is 10.9. The summed E-state index contributed by atoms with van der Waals surface area (Å²) < 4.78 is 18.3. The van der Waals surface area contributed by atoms with Crippen LogP contribution in [0.2, 0.25) is 0 Å². The predicted octanol–water partition coefficient (Wildman–Crippen LogP) is 7.21. The SMILES string of the molecule is c1ccc(N2c3ccc[c]4c3N3c5c2ccc2c5B(c5ccccc5O2)c2cc5c6[c](c23)[Al]4[c]2cccc3c2N6c2c(ccc4c2B5c2ccccc2O4)N3c2ccccc2)cc1. The second-order valence-electron chi connectivity index (χ2n) is 17.9. The molecule has 0 aliphatic carbocycles. The van der Waals surface area contributed by atoms with Gasteiger partial charge in [0.2, 0.25) is 0 Å². The first-order valence-corrected chi connectivity index (χ1v) is 23.7. The Morgan fingerprint density at radius 1 is 0.333 bits per heavy atom. The molecule has 0 fully saturated rings. The van der Waals surface area contributed by atoms with Crippen molar-refractivity contribution in [3.05, 3.63) is 176 Å². The Balaban J connectivity index is 1.08. The third-order valence-corrected chi connectivity index (χ3v) is 18.4. The second-order valence-corrected chi connectivity index (χ2v) is 20.6. The molecular formula is C54H29AlB2N4O2. The van der Waals surface area contributed by atoms with Crippen LogP contribution in [0.25, 0.3) is 0 Å². The summed E-state index contributed by atoms with van der Waals surface area (Å²) in [5.41, 5.74) is 22.6. The lowest BCUT2D eigenvalue weighted by atomic mass is 9.30. The molecule has 0 amide bonds. The maximum atomic E-state index is 6.95. The van der Waals surface area contributed by atoms with E-state index >= 15 is 0 Å². The first-order chi connectivity index (χ1) is 31.3. The number of para-hydroxylation sites is 6. The molecule has 0 atom stereocenters. The van der Waals surface area contributed by atoms with Gasteiger partial charge in [-0.05, 0) is 106 Å². The Morgan fingerprint density at radius 3 is 1.27 bits per heavy atom.